The molecular formula is C22H34N2O4+2. The van der Waals surface area contributed by atoms with Crippen LogP contribution in [-0.4, -0.2) is 63.4 Å². The summed E-state index contributed by atoms with van der Waals surface area (Å²) < 4.78 is 11.2. The van der Waals surface area contributed by atoms with Gasteiger partial charge in [0.15, 0.2) is 11.2 Å². The van der Waals surface area contributed by atoms with E-state index in [1.807, 2.05) is 0 Å². The lowest BCUT2D eigenvalue weighted by Gasteiger charge is -2.34. The number of carbonyl (C=O) groups is 2. The number of esters is 2. The molecule has 28 heavy (non-hydrogen) atoms. The molecule has 2 fully saturated rings. The third kappa shape index (κ3) is 6.26. The maximum Gasteiger partial charge on any atom is 0.307 e. The summed E-state index contributed by atoms with van der Waals surface area (Å²) in [5.74, 6) is 4.80. The summed E-state index contributed by atoms with van der Waals surface area (Å²) >= 11 is 0. The Morgan fingerprint density at radius 3 is 1.39 bits per heavy atom. The highest BCUT2D eigenvalue weighted by molar-refractivity contribution is 5.71. The summed E-state index contributed by atoms with van der Waals surface area (Å²) in [6.07, 6.45) is 15.7. The first-order chi connectivity index (χ1) is 13.3. The highest BCUT2D eigenvalue weighted by Crippen LogP contribution is 2.23. The fourth-order valence-corrected chi connectivity index (χ4v) is 3.79. The molecule has 6 nitrogen and oxygen atoms in total. The average molecular weight is 391 g/mol. The second-order valence-electron chi connectivity index (χ2n) is 8.35. The molecule has 2 heterocycles. The number of terminal acetylenes is 2. The van der Waals surface area contributed by atoms with E-state index in [4.69, 9.17) is 22.3 Å². The van der Waals surface area contributed by atoms with Gasteiger partial charge < -0.3 is 19.3 Å². The van der Waals surface area contributed by atoms with Crippen molar-refractivity contribution >= 4 is 11.9 Å². The van der Waals surface area contributed by atoms with Gasteiger partial charge in [-0.15, -0.1) is 12.8 Å². The lowest BCUT2D eigenvalue weighted by molar-refractivity contribution is -0.886. The smallest absolute Gasteiger partial charge is 0.307 e. The summed E-state index contributed by atoms with van der Waals surface area (Å²) in [7, 11) is 4.22. The topological polar surface area (TPSA) is 61.5 Å². The zero-order chi connectivity index (χ0) is 20.6. The van der Waals surface area contributed by atoms with Gasteiger partial charge in [0.25, 0.3) is 0 Å². The maximum atomic E-state index is 12.2. The Morgan fingerprint density at radius 2 is 1.11 bits per heavy atom. The molecule has 0 atom stereocenters. The van der Waals surface area contributed by atoms with Gasteiger partial charge in [0, 0.05) is 38.5 Å². The van der Waals surface area contributed by atoms with Crippen LogP contribution in [0.2, 0.25) is 0 Å². The van der Waals surface area contributed by atoms with Crippen LogP contribution >= 0.6 is 0 Å². The Labute approximate surface area is 168 Å². The van der Waals surface area contributed by atoms with Crippen molar-refractivity contribution in [3.05, 3.63) is 0 Å². The van der Waals surface area contributed by atoms with Crippen LogP contribution in [0.15, 0.2) is 0 Å². The number of hydrogen-bond acceptors (Lipinski definition) is 4. The maximum absolute atomic E-state index is 12.2. The largest absolute Gasteiger partial charge is 0.445 e. The van der Waals surface area contributed by atoms with Crippen molar-refractivity contribution in [3.63, 3.8) is 0 Å². The molecule has 0 bridgehead atoms. The number of nitrogens with one attached hydrogen (secondary N) is 2. The van der Waals surface area contributed by atoms with Gasteiger partial charge in [0.1, 0.15) is 0 Å². The van der Waals surface area contributed by atoms with E-state index in [0.717, 1.165) is 26.2 Å². The van der Waals surface area contributed by atoms with Crippen molar-refractivity contribution in [1.29, 1.82) is 0 Å². The van der Waals surface area contributed by atoms with Gasteiger partial charge in [0.05, 0.1) is 40.3 Å². The number of likely N-dealkylation sites (tertiary alicyclic amines) is 2. The first kappa shape index (κ1) is 22.3. The van der Waals surface area contributed by atoms with Crippen molar-refractivity contribution in [3.8, 4) is 24.7 Å². The van der Waals surface area contributed by atoms with Gasteiger partial charge in [-0.3, -0.25) is 9.59 Å². The summed E-state index contributed by atoms with van der Waals surface area (Å²) in [6.45, 7) is 3.60. The molecule has 2 N–H and O–H groups in total. The van der Waals surface area contributed by atoms with E-state index in [1.54, 1.807) is 0 Å². The summed E-state index contributed by atoms with van der Waals surface area (Å²) in [6, 6.07) is 0. The number of piperidine rings is 2. The number of hydrogen-bond donors (Lipinski definition) is 2. The van der Waals surface area contributed by atoms with E-state index >= 15 is 0 Å². The van der Waals surface area contributed by atoms with E-state index < -0.39 is 11.2 Å². The molecular weight excluding hydrogens is 356 g/mol. The lowest BCUT2D eigenvalue weighted by Crippen LogP contribution is -3.10. The van der Waals surface area contributed by atoms with Crippen molar-refractivity contribution in [2.45, 2.75) is 62.6 Å². The van der Waals surface area contributed by atoms with Gasteiger partial charge in [-0.1, -0.05) is 11.8 Å². The van der Waals surface area contributed by atoms with Gasteiger partial charge >= 0.3 is 11.9 Å². The van der Waals surface area contributed by atoms with Crippen molar-refractivity contribution in [2.75, 3.05) is 40.3 Å². The molecule has 0 aromatic heterocycles. The standard InChI is InChI=1S/C22H32N2O4/c1-5-21(11-15-23(3)16-12-21)27-19(25)9-7-8-10-20(26)28-22(6-2)13-17-24(4)18-14-22/h1-2H,7-18H2,3-4H3/p+2. The van der Waals surface area contributed by atoms with Gasteiger partial charge in [-0.2, -0.15) is 0 Å². The van der Waals surface area contributed by atoms with Crippen LogP contribution in [0.1, 0.15) is 51.4 Å². The van der Waals surface area contributed by atoms with Gasteiger partial charge in [-0.25, -0.2) is 0 Å². The molecule has 0 radical (unpaired) electrons. The zero-order valence-electron chi connectivity index (χ0n) is 17.3. The van der Waals surface area contributed by atoms with E-state index in [1.165, 1.54) is 9.80 Å². The van der Waals surface area contributed by atoms with Crippen LogP contribution in [0.4, 0.5) is 0 Å². The van der Waals surface area contributed by atoms with Crippen molar-refractivity contribution < 1.29 is 28.9 Å². The average Bonchev–Trinajstić information content (AvgIpc) is 2.69. The first-order valence-corrected chi connectivity index (χ1v) is 10.3. The van der Waals surface area contributed by atoms with E-state index in [0.29, 0.717) is 38.5 Å². The Hall–Kier alpha value is -2.02. The van der Waals surface area contributed by atoms with Crippen molar-refractivity contribution in [1.82, 2.24) is 0 Å². The van der Waals surface area contributed by atoms with E-state index in [-0.39, 0.29) is 24.8 Å². The third-order valence-electron chi connectivity index (χ3n) is 5.98. The molecule has 0 aromatic carbocycles. The molecule has 0 unspecified atom stereocenters. The highest BCUT2D eigenvalue weighted by Gasteiger charge is 2.38. The monoisotopic (exact) mass is 390 g/mol. The predicted octanol–water partition coefficient (Wildman–Crippen LogP) is -1.01. The van der Waals surface area contributed by atoms with Crippen LogP contribution in [-0.2, 0) is 19.1 Å². The zero-order valence-corrected chi connectivity index (χ0v) is 17.3. The summed E-state index contributed by atoms with van der Waals surface area (Å²) in [5, 5.41) is 0. The summed E-state index contributed by atoms with van der Waals surface area (Å²) in [5.41, 5.74) is -1.52. The van der Waals surface area contributed by atoms with E-state index in [9.17, 15) is 9.59 Å². The number of ether oxygens (including phenoxy) is 2. The second-order valence-corrected chi connectivity index (χ2v) is 8.35. The minimum absolute atomic E-state index is 0.258. The van der Waals surface area contributed by atoms with Gasteiger partial charge in [0.2, 0.25) is 0 Å². The normalized spacial score (nSPS) is 32.6. The van der Waals surface area contributed by atoms with Crippen LogP contribution in [0.3, 0.4) is 0 Å². The van der Waals surface area contributed by atoms with Gasteiger partial charge in [-0.05, 0) is 12.8 Å². The van der Waals surface area contributed by atoms with Crippen LogP contribution < -0.4 is 9.80 Å². The molecule has 0 aliphatic carbocycles. The third-order valence-corrected chi connectivity index (χ3v) is 5.98. The van der Waals surface area contributed by atoms with Crippen LogP contribution in [0.5, 0.6) is 0 Å². The SMILES string of the molecule is C#CC1(OC(=O)CCCCC(=O)OC2(C#C)CC[NH+](C)CC2)CC[NH+](C)CC1. The highest BCUT2D eigenvalue weighted by atomic mass is 16.6. The van der Waals surface area contributed by atoms with Crippen LogP contribution in [0, 0.1) is 24.7 Å². The molecule has 0 saturated carbocycles. The second kappa shape index (κ2) is 9.96. The van der Waals surface area contributed by atoms with E-state index in [2.05, 4.69) is 25.9 Å². The van der Waals surface area contributed by atoms with Crippen LogP contribution in [0.25, 0.3) is 0 Å². The quantitative estimate of drug-likeness (QED) is 0.332. The molecule has 154 valence electrons. The number of quaternary nitrogens is 2. The molecule has 0 aromatic rings. The number of unbranched alkanes of at least 4 members (excludes halogenated alkanes) is 1. The Balaban J connectivity index is 1.68. The summed E-state index contributed by atoms with van der Waals surface area (Å²) in [4.78, 5) is 27.2. The molecule has 6 heteroatoms. The molecule has 0 spiro atoms. The molecule has 2 aliphatic heterocycles. The fourth-order valence-electron chi connectivity index (χ4n) is 3.79. The number of rotatable bonds is 7. The van der Waals surface area contributed by atoms with Crippen molar-refractivity contribution in [2.24, 2.45) is 0 Å². The molecule has 2 aliphatic rings. The Kier molecular flexibility index (Phi) is 7.92. The molecule has 2 saturated heterocycles. The predicted molar refractivity (Wildman–Crippen MR) is 105 cm³/mol. The fraction of sp³-hybridized carbons (Fsp3) is 0.727. The minimum Gasteiger partial charge on any atom is -0.445 e. The lowest BCUT2D eigenvalue weighted by atomic mass is 9.92. The number of carbonyl (C=O) groups excluding carboxylic acids is 2. The molecule has 0 amide bonds. The Bertz CT molecular complexity index is 574. The Morgan fingerprint density at radius 1 is 0.786 bits per heavy atom. The minimum atomic E-state index is -0.759. The first-order valence-electron chi connectivity index (χ1n) is 10.3. The molecule has 2 rings (SSSR count).